The number of alkyl halides is 3. The van der Waals surface area contributed by atoms with E-state index >= 15 is 0 Å². The van der Waals surface area contributed by atoms with Crippen molar-refractivity contribution < 1.29 is 32.5 Å². The molecule has 24 heavy (non-hydrogen) atoms. The Kier molecular flexibility index (Phi) is 5.66. The maximum absolute atomic E-state index is 13.0. The molecular weight excluding hydrogens is 325 g/mol. The lowest BCUT2D eigenvalue weighted by molar-refractivity contribution is -0.137. The molecule has 1 fully saturated rings. The van der Waals surface area contributed by atoms with Gasteiger partial charge in [0.1, 0.15) is 6.10 Å². The molecule has 1 aliphatic rings. The van der Waals surface area contributed by atoms with Gasteiger partial charge in [0.05, 0.1) is 24.9 Å². The van der Waals surface area contributed by atoms with Crippen LogP contribution in [0.1, 0.15) is 43.1 Å². The van der Waals surface area contributed by atoms with E-state index in [1.807, 2.05) is 0 Å². The van der Waals surface area contributed by atoms with Gasteiger partial charge in [0.15, 0.2) is 0 Å². The number of rotatable bonds is 7. The second-order valence-corrected chi connectivity index (χ2v) is 5.60. The molecule has 0 radical (unpaired) electrons. The summed E-state index contributed by atoms with van der Waals surface area (Å²) in [5, 5.41) is 9.14. The lowest BCUT2D eigenvalue weighted by Gasteiger charge is -2.18. The predicted octanol–water partition coefficient (Wildman–Crippen LogP) is 4.06. The van der Waals surface area contributed by atoms with Gasteiger partial charge in [0.25, 0.3) is 0 Å². The quantitative estimate of drug-likeness (QED) is 0.599. The second kappa shape index (κ2) is 7.36. The molecule has 0 amide bonds. The fraction of sp³-hybridized carbons (Fsp3) is 0.471. The summed E-state index contributed by atoms with van der Waals surface area (Å²) >= 11 is 0. The van der Waals surface area contributed by atoms with E-state index in [-0.39, 0.29) is 23.7 Å². The minimum absolute atomic E-state index is 0.0334. The number of benzene rings is 1. The highest BCUT2D eigenvalue weighted by Crippen LogP contribution is 2.33. The van der Waals surface area contributed by atoms with Gasteiger partial charge in [-0.05, 0) is 42.7 Å². The standard InChI is InChI=1S/C17H19F3O4/c1-3-11(16(21)22)6-12-7-13(17(18,19)20)4-5-15(12)10(2)23-8-14-9-24-14/h4-7,10,14H,3,8-9H2,1-2H3,(H,21,22)/t10-,14?/m1/s1. The third kappa shape index (κ3) is 4.82. The lowest BCUT2D eigenvalue weighted by atomic mass is 9.97. The van der Waals surface area contributed by atoms with Crippen molar-refractivity contribution >= 4 is 12.0 Å². The molecule has 0 aromatic heterocycles. The number of carboxylic acids is 1. The van der Waals surface area contributed by atoms with Crippen molar-refractivity contribution in [2.45, 2.75) is 38.7 Å². The van der Waals surface area contributed by atoms with Gasteiger partial charge in [-0.25, -0.2) is 4.79 Å². The summed E-state index contributed by atoms with van der Waals surface area (Å²) in [7, 11) is 0. The molecule has 1 N–H and O–H groups in total. The van der Waals surface area contributed by atoms with Crippen molar-refractivity contribution in [1.82, 2.24) is 0 Å². The minimum Gasteiger partial charge on any atom is -0.478 e. The minimum atomic E-state index is -4.50. The van der Waals surface area contributed by atoms with Crippen LogP contribution in [-0.4, -0.2) is 30.4 Å². The molecule has 0 saturated carbocycles. The van der Waals surface area contributed by atoms with E-state index in [4.69, 9.17) is 14.6 Å². The molecule has 4 nitrogen and oxygen atoms in total. The van der Waals surface area contributed by atoms with Gasteiger partial charge < -0.3 is 14.6 Å². The molecule has 1 aromatic carbocycles. The molecule has 0 spiro atoms. The average molecular weight is 344 g/mol. The highest BCUT2D eigenvalue weighted by molar-refractivity contribution is 5.92. The molecule has 2 rings (SSSR count). The van der Waals surface area contributed by atoms with Gasteiger partial charge in [-0.3, -0.25) is 0 Å². The molecule has 0 aliphatic carbocycles. The summed E-state index contributed by atoms with van der Waals surface area (Å²) in [5.74, 6) is -1.15. The van der Waals surface area contributed by atoms with Crippen molar-refractivity contribution in [2.75, 3.05) is 13.2 Å². The van der Waals surface area contributed by atoms with Crippen LogP contribution in [0.15, 0.2) is 23.8 Å². The molecule has 1 aromatic rings. The number of hydrogen-bond acceptors (Lipinski definition) is 3. The lowest BCUT2D eigenvalue weighted by Crippen LogP contribution is -2.10. The van der Waals surface area contributed by atoms with E-state index in [1.54, 1.807) is 13.8 Å². The average Bonchev–Trinajstić information content (AvgIpc) is 3.33. The third-order valence-corrected chi connectivity index (χ3v) is 3.77. The Hall–Kier alpha value is -1.86. The van der Waals surface area contributed by atoms with Crippen LogP contribution in [0.25, 0.3) is 6.08 Å². The van der Waals surface area contributed by atoms with Crippen molar-refractivity contribution in [3.63, 3.8) is 0 Å². The first-order valence-corrected chi connectivity index (χ1v) is 7.60. The van der Waals surface area contributed by atoms with E-state index in [9.17, 15) is 18.0 Å². The van der Waals surface area contributed by atoms with Crippen LogP contribution >= 0.6 is 0 Å². The molecule has 1 saturated heterocycles. The van der Waals surface area contributed by atoms with E-state index in [2.05, 4.69) is 0 Å². The zero-order valence-corrected chi connectivity index (χ0v) is 13.4. The number of carbonyl (C=O) groups is 1. The van der Waals surface area contributed by atoms with Gasteiger partial charge in [-0.2, -0.15) is 13.2 Å². The van der Waals surface area contributed by atoms with Crippen molar-refractivity contribution in [2.24, 2.45) is 0 Å². The topological polar surface area (TPSA) is 59.1 Å². The maximum Gasteiger partial charge on any atom is 0.416 e. The van der Waals surface area contributed by atoms with E-state index in [0.29, 0.717) is 18.8 Å². The molecule has 1 aliphatic heterocycles. The summed E-state index contributed by atoms with van der Waals surface area (Å²) < 4.78 is 49.5. The maximum atomic E-state index is 13.0. The first kappa shape index (κ1) is 18.5. The number of aliphatic carboxylic acids is 1. The Morgan fingerprint density at radius 3 is 2.67 bits per heavy atom. The zero-order valence-electron chi connectivity index (χ0n) is 13.4. The van der Waals surface area contributed by atoms with Crippen molar-refractivity contribution in [3.05, 3.63) is 40.5 Å². The van der Waals surface area contributed by atoms with Crippen molar-refractivity contribution in [3.8, 4) is 0 Å². The first-order valence-electron chi connectivity index (χ1n) is 7.60. The number of hydrogen-bond donors (Lipinski definition) is 1. The molecule has 1 heterocycles. The molecule has 7 heteroatoms. The van der Waals surface area contributed by atoms with Crippen LogP contribution in [-0.2, 0) is 20.4 Å². The predicted molar refractivity (Wildman–Crippen MR) is 81.5 cm³/mol. The normalized spacial score (nSPS) is 19.2. The highest BCUT2D eigenvalue weighted by Gasteiger charge is 2.31. The van der Waals surface area contributed by atoms with E-state index in [1.165, 1.54) is 12.1 Å². The molecule has 1 unspecified atom stereocenters. The molecular formula is C17H19F3O4. The molecule has 2 atom stereocenters. The number of halogens is 3. The fourth-order valence-corrected chi connectivity index (χ4v) is 2.25. The van der Waals surface area contributed by atoms with Crippen LogP contribution in [0, 0.1) is 0 Å². The molecule has 132 valence electrons. The van der Waals surface area contributed by atoms with Crippen molar-refractivity contribution in [1.29, 1.82) is 0 Å². The second-order valence-electron chi connectivity index (χ2n) is 5.60. The summed E-state index contributed by atoms with van der Waals surface area (Å²) in [6, 6.07) is 3.27. The SMILES string of the molecule is CCC(=Cc1cc(C(F)(F)F)ccc1[C@@H](C)OCC1CO1)C(=O)O. The summed E-state index contributed by atoms with van der Waals surface area (Å²) in [4.78, 5) is 11.2. The van der Waals surface area contributed by atoms with E-state index < -0.39 is 23.8 Å². The van der Waals surface area contributed by atoms with Gasteiger partial charge in [0.2, 0.25) is 0 Å². The fourth-order valence-electron chi connectivity index (χ4n) is 2.25. The van der Waals surface area contributed by atoms with E-state index in [0.717, 1.165) is 12.1 Å². The Labute approximate surface area is 137 Å². The van der Waals surface area contributed by atoms with Crippen LogP contribution in [0.4, 0.5) is 13.2 Å². The Bertz CT molecular complexity index is 633. The van der Waals surface area contributed by atoms with Crippen LogP contribution in [0.3, 0.4) is 0 Å². The summed E-state index contributed by atoms with van der Waals surface area (Å²) in [6.45, 7) is 4.32. The Morgan fingerprint density at radius 1 is 1.50 bits per heavy atom. The number of ether oxygens (including phenoxy) is 2. The Morgan fingerprint density at radius 2 is 2.17 bits per heavy atom. The van der Waals surface area contributed by atoms with Crippen LogP contribution < -0.4 is 0 Å². The monoisotopic (exact) mass is 344 g/mol. The van der Waals surface area contributed by atoms with Crippen LogP contribution in [0.2, 0.25) is 0 Å². The van der Waals surface area contributed by atoms with Gasteiger partial charge >= 0.3 is 12.1 Å². The summed E-state index contributed by atoms with van der Waals surface area (Å²) in [6.07, 6.45) is -3.46. The Balaban J connectivity index is 2.38. The largest absolute Gasteiger partial charge is 0.478 e. The molecule has 0 bridgehead atoms. The summed E-state index contributed by atoms with van der Waals surface area (Å²) in [5.41, 5.74) is -0.0755. The zero-order chi connectivity index (χ0) is 17.9. The smallest absolute Gasteiger partial charge is 0.416 e. The number of carboxylic acid groups (broad SMARTS) is 1. The number of epoxide rings is 1. The van der Waals surface area contributed by atoms with Gasteiger partial charge in [-0.1, -0.05) is 13.0 Å². The third-order valence-electron chi connectivity index (χ3n) is 3.77. The van der Waals surface area contributed by atoms with Gasteiger partial charge in [-0.15, -0.1) is 0 Å². The highest BCUT2D eigenvalue weighted by atomic mass is 19.4. The first-order chi connectivity index (χ1) is 11.2. The van der Waals surface area contributed by atoms with Gasteiger partial charge in [0, 0.05) is 5.57 Å². The van der Waals surface area contributed by atoms with Crippen LogP contribution in [0.5, 0.6) is 0 Å².